The number of nitrogens with one attached hydrogen (secondary N) is 1. The molecule has 1 unspecified atom stereocenters. The second kappa shape index (κ2) is 6.12. The molecule has 1 rings (SSSR count). The molecule has 0 aliphatic heterocycles. The van der Waals surface area contributed by atoms with Gasteiger partial charge in [0.15, 0.2) is 11.6 Å². The lowest BCUT2D eigenvalue weighted by atomic mass is 10.2. The van der Waals surface area contributed by atoms with Gasteiger partial charge in [-0.25, -0.2) is 17.5 Å². The van der Waals surface area contributed by atoms with Crippen molar-refractivity contribution in [2.75, 3.05) is 13.7 Å². The Hall–Kier alpha value is -1.18. The van der Waals surface area contributed by atoms with E-state index < -0.39 is 15.8 Å². The normalized spacial score (nSPS) is 13.3. The van der Waals surface area contributed by atoms with E-state index in [0.717, 1.165) is 6.07 Å². The third kappa shape index (κ3) is 3.66. The number of hydrogen-bond acceptors (Lipinski definition) is 4. The van der Waals surface area contributed by atoms with Gasteiger partial charge in [0.05, 0.1) is 12.0 Å². The highest BCUT2D eigenvalue weighted by atomic mass is 32.2. The average Bonchev–Trinajstić information content (AvgIpc) is 2.35. The first-order valence-corrected chi connectivity index (χ1v) is 6.97. The van der Waals surface area contributed by atoms with Crippen LogP contribution in [-0.4, -0.2) is 28.1 Å². The van der Waals surface area contributed by atoms with Crippen molar-refractivity contribution in [1.29, 1.82) is 0 Å². The number of ether oxygens (including phenoxy) is 1. The lowest BCUT2D eigenvalue weighted by Crippen LogP contribution is -2.36. The second-order valence-corrected chi connectivity index (χ2v) is 5.58. The zero-order valence-corrected chi connectivity index (χ0v) is 11.1. The first kappa shape index (κ1) is 14.9. The summed E-state index contributed by atoms with van der Waals surface area (Å²) in [6, 6.07) is 3.20. The Bertz CT molecular complexity index is 505. The molecule has 0 bridgehead atoms. The smallest absolute Gasteiger partial charge is 0.240 e. The Balaban J connectivity index is 2.88. The Kier molecular flexibility index (Phi) is 5.06. The van der Waals surface area contributed by atoms with E-state index in [-0.39, 0.29) is 23.2 Å². The molecule has 1 atom stereocenters. The molecule has 0 saturated carbocycles. The van der Waals surface area contributed by atoms with E-state index in [9.17, 15) is 12.8 Å². The van der Waals surface area contributed by atoms with E-state index in [1.807, 2.05) is 6.92 Å². The van der Waals surface area contributed by atoms with Crippen LogP contribution in [0.5, 0.6) is 5.75 Å². The Labute approximate surface area is 106 Å². The van der Waals surface area contributed by atoms with E-state index >= 15 is 0 Å². The van der Waals surface area contributed by atoms with Gasteiger partial charge in [0, 0.05) is 12.6 Å². The predicted octanol–water partition coefficient (Wildman–Crippen LogP) is 0.850. The van der Waals surface area contributed by atoms with Crippen molar-refractivity contribution >= 4 is 10.0 Å². The van der Waals surface area contributed by atoms with Gasteiger partial charge in [-0.15, -0.1) is 0 Å². The van der Waals surface area contributed by atoms with Crippen LogP contribution in [0.2, 0.25) is 0 Å². The monoisotopic (exact) mass is 276 g/mol. The summed E-state index contributed by atoms with van der Waals surface area (Å²) in [6.45, 7) is 1.97. The SMILES string of the molecule is CCC(N)CNS(=O)(=O)c1ccc(OC)c(F)c1. The van der Waals surface area contributed by atoms with Gasteiger partial charge in [0.2, 0.25) is 10.0 Å². The number of benzene rings is 1. The third-order valence-corrected chi connectivity index (χ3v) is 3.91. The average molecular weight is 276 g/mol. The standard InChI is InChI=1S/C11H17FN2O3S/c1-3-8(13)7-14-18(15,16)9-4-5-11(17-2)10(12)6-9/h4-6,8,14H,3,7,13H2,1-2H3. The highest BCUT2D eigenvalue weighted by molar-refractivity contribution is 7.89. The van der Waals surface area contributed by atoms with Gasteiger partial charge in [-0.2, -0.15) is 0 Å². The fourth-order valence-electron chi connectivity index (χ4n) is 1.26. The minimum atomic E-state index is -3.74. The molecular formula is C11H17FN2O3S. The van der Waals surface area contributed by atoms with Gasteiger partial charge < -0.3 is 10.5 Å². The predicted molar refractivity (Wildman–Crippen MR) is 66.4 cm³/mol. The maximum atomic E-state index is 13.4. The molecule has 102 valence electrons. The van der Waals surface area contributed by atoms with Crippen LogP contribution in [0.25, 0.3) is 0 Å². The minimum Gasteiger partial charge on any atom is -0.494 e. The van der Waals surface area contributed by atoms with E-state index in [4.69, 9.17) is 10.5 Å². The summed E-state index contributed by atoms with van der Waals surface area (Å²) in [5.74, 6) is -0.723. The molecule has 1 aromatic rings. The van der Waals surface area contributed by atoms with Crippen molar-refractivity contribution in [3.05, 3.63) is 24.0 Å². The molecule has 0 saturated heterocycles. The van der Waals surface area contributed by atoms with Crippen molar-refractivity contribution in [3.63, 3.8) is 0 Å². The largest absolute Gasteiger partial charge is 0.494 e. The molecule has 0 aromatic heterocycles. The molecule has 7 heteroatoms. The van der Waals surface area contributed by atoms with Crippen LogP contribution in [-0.2, 0) is 10.0 Å². The van der Waals surface area contributed by atoms with Crippen LogP contribution in [0.1, 0.15) is 13.3 Å². The van der Waals surface area contributed by atoms with Crippen LogP contribution in [0.15, 0.2) is 23.1 Å². The Morgan fingerprint density at radius 2 is 2.17 bits per heavy atom. The number of rotatable bonds is 6. The molecule has 5 nitrogen and oxygen atoms in total. The Morgan fingerprint density at radius 1 is 1.50 bits per heavy atom. The summed E-state index contributed by atoms with van der Waals surface area (Å²) >= 11 is 0. The summed E-state index contributed by atoms with van der Waals surface area (Å²) in [5, 5.41) is 0. The van der Waals surface area contributed by atoms with E-state index in [2.05, 4.69) is 4.72 Å². The second-order valence-electron chi connectivity index (χ2n) is 3.82. The van der Waals surface area contributed by atoms with E-state index in [1.54, 1.807) is 0 Å². The fourth-order valence-corrected chi connectivity index (χ4v) is 2.36. The minimum absolute atomic E-state index is 0.000732. The lowest BCUT2D eigenvalue weighted by molar-refractivity contribution is 0.385. The molecule has 0 aliphatic rings. The first-order valence-electron chi connectivity index (χ1n) is 5.49. The zero-order valence-electron chi connectivity index (χ0n) is 10.3. The molecular weight excluding hydrogens is 259 g/mol. The van der Waals surface area contributed by atoms with Crippen LogP contribution >= 0.6 is 0 Å². The maximum absolute atomic E-state index is 13.4. The summed E-state index contributed by atoms with van der Waals surface area (Å²) in [7, 11) is -2.43. The molecule has 0 aliphatic carbocycles. The number of sulfonamides is 1. The summed E-state index contributed by atoms with van der Waals surface area (Å²) in [6.07, 6.45) is 0.652. The fraction of sp³-hybridized carbons (Fsp3) is 0.455. The maximum Gasteiger partial charge on any atom is 0.240 e. The van der Waals surface area contributed by atoms with Gasteiger partial charge in [-0.3, -0.25) is 0 Å². The number of nitrogens with two attached hydrogens (primary N) is 1. The molecule has 0 heterocycles. The first-order chi connectivity index (χ1) is 8.40. The highest BCUT2D eigenvalue weighted by Crippen LogP contribution is 2.20. The van der Waals surface area contributed by atoms with Gasteiger partial charge in [-0.1, -0.05) is 6.92 Å². The molecule has 1 aromatic carbocycles. The summed E-state index contributed by atoms with van der Waals surface area (Å²) < 4.78 is 44.1. The molecule has 0 radical (unpaired) electrons. The zero-order chi connectivity index (χ0) is 13.8. The van der Waals surface area contributed by atoms with Crippen LogP contribution in [0.3, 0.4) is 0 Å². The van der Waals surface area contributed by atoms with Crippen LogP contribution < -0.4 is 15.2 Å². The number of hydrogen-bond donors (Lipinski definition) is 2. The van der Waals surface area contributed by atoms with Gasteiger partial charge in [-0.05, 0) is 24.6 Å². The van der Waals surface area contributed by atoms with Crippen molar-refractivity contribution < 1.29 is 17.5 Å². The van der Waals surface area contributed by atoms with E-state index in [0.29, 0.717) is 6.42 Å². The lowest BCUT2D eigenvalue weighted by Gasteiger charge is -2.11. The van der Waals surface area contributed by atoms with Crippen LogP contribution in [0, 0.1) is 5.82 Å². The topological polar surface area (TPSA) is 81.4 Å². The third-order valence-electron chi connectivity index (χ3n) is 2.49. The van der Waals surface area contributed by atoms with Gasteiger partial charge >= 0.3 is 0 Å². The van der Waals surface area contributed by atoms with Crippen molar-refractivity contribution in [2.24, 2.45) is 5.73 Å². The summed E-state index contributed by atoms with van der Waals surface area (Å²) in [4.78, 5) is -0.149. The molecule has 18 heavy (non-hydrogen) atoms. The van der Waals surface area contributed by atoms with Crippen molar-refractivity contribution in [2.45, 2.75) is 24.3 Å². The molecule has 3 N–H and O–H groups in total. The van der Waals surface area contributed by atoms with E-state index in [1.165, 1.54) is 19.2 Å². The highest BCUT2D eigenvalue weighted by Gasteiger charge is 2.17. The number of methoxy groups -OCH3 is 1. The molecule has 0 fully saturated rings. The summed E-state index contributed by atoms with van der Waals surface area (Å²) in [5.41, 5.74) is 5.61. The quantitative estimate of drug-likeness (QED) is 0.807. The molecule has 0 amide bonds. The van der Waals surface area contributed by atoms with Gasteiger partial charge in [0.1, 0.15) is 0 Å². The Morgan fingerprint density at radius 3 is 2.67 bits per heavy atom. The van der Waals surface area contributed by atoms with Crippen LogP contribution in [0.4, 0.5) is 4.39 Å². The van der Waals surface area contributed by atoms with Crippen molar-refractivity contribution in [1.82, 2.24) is 4.72 Å². The number of halogens is 1. The van der Waals surface area contributed by atoms with Gasteiger partial charge in [0.25, 0.3) is 0 Å². The van der Waals surface area contributed by atoms with Crippen molar-refractivity contribution in [3.8, 4) is 5.75 Å². The molecule has 0 spiro atoms.